The van der Waals surface area contributed by atoms with E-state index in [9.17, 15) is 14.4 Å². The monoisotopic (exact) mass is 466 g/mol. The number of nitrogens with one attached hydrogen (secondary N) is 1. The molecule has 6 rings (SSSR count). The van der Waals surface area contributed by atoms with Crippen LogP contribution in [-0.2, 0) is 15.0 Å². The Morgan fingerprint density at radius 3 is 2.49 bits per heavy atom. The number of carbonyl (C=O) groups excluding carboxylic acids is 3. The first-order chi connectivity index (χ1) is 16.8. The molecule has 0 saturated carbocycles. The molecule has 4 heterocycles. The molecule has 6 nitrogen and oxygen atoms in total. The minimum Gasteiger partial charge on any atom is -0.461 e. The van der Waals surface area contributed by atoms with Crippen LogP contribution in [0, 0.1) is 11.3 Å². The van der Waals surface area contributed by atoms with E-state index in [-0.39, 0.29) is 23.2 Å². The number of furan rings is 1. The average molecular weight is 467 g/mol. The highest BCUT2D eigenvalue weighted by Crippen LogP contribution is 2.62. The van der Waals surface area contributed by atoms with Gasteiger partial charge < -0.3 is 14.6 Å². The number of amides is 1. The summed E-state index contributed by atoms with van der Waals surface area (Å²) < 4.78 is 5.54. The van der Waals surface area contributed by atoms with Gasteiger partial charge in [-0.15, -0.1) is 0 Å². The summed E-state index contributed by atoms with van der Waals surface area (Å²) >= 11 is 0. The van der Waals surface area contributed by atoms with E-state index in [0.717, 1.165) is 16.7 Å². The van der Waals surface area contributed by atoms with Crippen LogP contribution in [0.1, 0.15) is 54.1 Å². The van der Waals surface area contributed by atoms with Crippen molar-refractivity contribution in [3.63, 3.8) is 0 Å². The van der Waals surface area contributed by atoms with Gasteiger partial charge in [-0.1, -0.05) is 63.2 Å². The van der Waals surface area contributed by atoms with Crippen LogP contribution in [0.15, 0.2) is 77.5 Å². The van der Waals surface area contributed by atoms with Crippen LogP contribution in [0.2, 0.25) is 0 Å². The number of nitrogens with zero attached hydrogens (tertiary/aromatic N) is 1. The molecule has 4 unspecified atom stereocenters. The third-order valence-electron chi connectivity index (χ3n) is 7.62. The number of hydrogen-bond donors (Lipinski definition) is 1. The van der Waals surface area contributed by atoms with E-state index >= 15 is 0 Å². The Morgan fingerprint density at radius 2 is 1.74 bits per heavy atom. The lowest BCUT2D eigenvalue weighted by Crippen LogP contribution is -2.50. The van der Waals surface area contributed by atoms with Crippen LogP contribution in [-0.4, -0.2) is 28.4 Å². The molecule has 176 valence electrons. The zero-order valence-corrected chi connectivity index (χ0v) is 19.8. The molecule has 0 aliphatic carbocycles. The van der Waals surface area contributed by atoms with Gasteiger partial charge in [-0.05, 0) is 41.0 Å². The second kappa shape index (κ2) is 7.28. The van der Waals surface area contributed by atoms with Gasteiger partial charge in [-0.25, -0.2) is 0 Å². The fraction of sp³-hybridized carbons (Fsp3) is 0.276. The first-order valence-electron chi connectivity index (χ1n) is 11.8. The number of anilines is 1. The van der Waals surface area contributed by atoms with E-state index in [4.69, 9.17) is 4.42 Å². The smallest absolute Gasteiger partial charge is 0.238 e. The van der Waals surface area contributed by atoms with Crippen molar-refractivity contribution in [3.8, 4) is 0 Å². The minimum absolute atomic E-state index is 0.0921. The summed E-state index contributed by atoms with van der Waals surface area (Å²) in [4.78, 5) is 44.4. The molecular formula is C29H26N2O4. The van der Waals surface area contributed by atoms with Crippen LogP contribution in [0.4, 0.5) is 5.69 Å². The van der Waals surface area contributed by atoms with Crippen molar-refractivity contribution in [1.29, 1.82) is 0 Å². The van der Waals surface area contributed by atoms with Gasteiger partial charge >= 0.3 is 0 Å². The number of ketones is 2. The Morgan fingerprint density at radius 1 is 1.00 bits per heavy atom. The highest BCUT2D eigenvalue weighted by Gasteiger charge is 2.71. The van der Waals surface area contributed by atoms with E-state index in [1.807, 2.05) is 86.5 Å². The summed E-state index contributed by atoms with van der Waals surface area (Å²) in [6.45, 7) is 5.57. The van der Waals surface area contributed by atoms with Crippen molar-refractivity contribution in [1.82, 2.24) is 4.90 Å². The molecule has 3 aromatic rings. The van der Waals surface area contributed by atoms with Gasteiger partial charge in [0.2, 0.25) is 11.7 Å². The number of Topliss-reactive ketones (excluding diaryl/α,β-unsaturated/α-hetero) is 2. The molecule has 1 saturated heterocycles. The van der Waals surface area contributed by atoms with Crippen LogP contribution in [0.3, 0.4) is 0 Å². The fourth-order valence-corrected chi connectivity index (χ4v) is 6.18. The zero-order chi connectivity index (χ0) is 24.5. The number of fused-ring (bicyclic) bond motifs is 6. The molecule has 1 fully saturated rings. The molecule has 2 aromatic carbocycles. The van der Waals surface area contributed by atoms with E-state index < -0.39 is 28.8 Å². The first-order valence-corrected chi connectivity index (χ1v) is 11.8. The largest absolute Gasteiger partial charge is 0.461 e. The summed E-state index contributed by atoms with van der Waals surface area (Å²) in [5.41, 5.74) is 1.25. The molecule has 1 N–H and O–H groups in total. The highest BCUT2D eigenvalue weighted by molar-refractivity contribution is 6.15. The number of carbonyl (C=O) groups is 3. The molecule has 0 bridgehead atoms. The molecule has 3 aliphatic heterocycles. The average Bonchev–Trinajstić information content (AvgIpc) is 3.55. The molecule has 1 amide bonds. The Hall–Kier alpha value is -3.93. The van der Waals surface area contributed by atoms with Crippen molar-refractivity contribution >= 4 is 29.2 Å². The van der Waals surface area contributed by atoms with Crippen LogP contribution >= 0.6 is 0 Å². The molecular weight excluding hydrogens is 440 g/mol. The van der Waals surface area contributed by atoms with Crippen LogP contribution < -0.4 is 5.32 Å². The Bertz CT molecular complexity index is 1400. The molecule has 4 atom stereocenters. The van der Waals surface area contributed by atoms with Gasteiger partial charge in [0, 0.05) is 17.3 Å². The summed E-state index contributed by atoms with van der Waals surface area (Å²) in [5, 5.41) is 3.04. The third kappa shape index (κ3) is 2.80. The zero-order valence-electron chi connectivity index (χ0n) is 19.8. The molecule has 3 aliphatic rings. The van der Waals surface area contributed by atoms with Crippen molar-refractivity contribution in [2.24, 2.45) is 11.3 Å². The molecule has 0 radical (unpaired) electrons. The van der Waals surface area contributed by atoms with E-state index in [0.29, 0.717) is 5.69 Å². The quantitative estimate of drug-likeness (QED) is 0.550. The summed E-state index contributed by atoms with van der Waals surface area (Å²) in [6, 6.07) is 17.2. The maximum Gasteiger partial charge on any atom is 0.238 e. The normalized spacial score (nSPS) is 26.3. The highest BCUT2D eigenvalue weighted by atomic mass is 16.3. The van der Waals surface area contributed by atoms with Crippen molar-refractivity contribution < 1.29 is 18.8 Å². The SMILES string of the molecule is CC(C)(C)C(=O)C1C(C(=O)c2ccco2)C2(C(=O)Nc3ccccc32)C2c3ccccc3C=CN12. The van der Waals surface area contributed by atoms with Crippen LogP contribution in [0.25, 0.3) is 6.08 Å². The van der Waals surface area contributed by atoms with Crippen molar-refractivity contribution in [2.75, 3.05) is 5.32 Å². The standard InChI is InChI=1S/C29H26N2O4/c1-28(2,3)26(33)23-22(24(32)21-13-8-16-35-21)29(19-11-6-7-12-20(19)30-27(29)34)25-18-10-5-4-9-17(18)14-15-31(23)25/h4-16,22-23,25H,1-3H3,(H,30,34). The van der Waals surface area contributed by atoms with Gasteiger partial charge in [-0.2, -0.15) is 0 Å². The first kappa shape index (κ1) is 21.6. The van der Waals surface area contributed by atoms with Crippen LogP contribution in [0.5, 0.6) is 0 Å². The van der Waals surface area contributed by atoms with Gasteiger partial charge in [0.15, 0.2) is 11.5 Å². The number of hydrogen-bond acceptors (Lipinski definition) is 5. The summed E-state index contributed by atoms with van der Waals surface area (Å²) in [7, 11) is 0. The Balaban J connectivity index is 1.70. The van der Waals surface area contributed by atoms with Gasteiger partial charge in [-0.3, -0.25) is 14.4 Å². The Kier molecular flexibility index (Phi) is 4.49. The Labute approximate surface area is 203 Å². The maximum atomic E-state index is 14.2. The van der Waals surface area contributed by atoms with Crippen molar-refractivity contribution in [3.05, 3.63) is 95.6 Å². The third-order valence-corrected chi connectivity index (χ3v) is 7.62. The summed E-state index contributed by atoms with van der Waals surface area (Å²) in [6.07, 6.45) is 5.29. The molecule has 1 aromatic heterocycles. The number of benzene rings is 2. The van der Waals surface area contributed by atoms with Crippen molar-refractivity contribution in [2.45, 2.75) is 38.3 Å². The predicted octanol–water partition coefficient (Wildman–Crippen LogP) is 4.99. The van der Waals surface area contributed by atoms with E-state index in [1.54, 1.807) is 12.1 Å². The van der Waals surface area contributed by atoms with Gasteiger partial charge in [0.05, 0.1) is 18.2 Å². The molecule has 35 heavy (non-hydrogen) atoms. The van der Waals surface area contributed by atoms with E-state index in [2.05, 4.69) is 5.32 Å². The fourth-order valence-electron chi connectivity index (χ4n) is 6.18. The lowest BCUT2D eigenvalue weighted by Gasteiger charge is -2.38. The van der Waals surface area contributed by atoms with Gasteiger partial charge in [0.1, 0.15) is 11.5 Å². The number of para-hydroxylation sites is 1. The topological polar surface area (TPSA) is 79.6 Å². The second-order valence-corrected chi connectivity index (χ2v) is 10.5. The number of rotatable bonds is 3. The molecule has 6 heteroatoms. The summed E-state index contributed by atoms with van der Waals surface area (Å²) in [5.74, 6) is -1.54. The predicted molar refractivity (Wildman–Crippen MR) is 132 cm³/mol. The lowest BCUT2D eigenvalue weighted by molar-refractivity contribution is -0.131. The van der Waals surface area contributed by atoms with E-state index in [1.165, 1.54) is 6.26 Å². The minimum atomic E-state index is -1.31. The second-order valence-electron chi connectivity index (χ2n) is 10.5. The maximum absolute atomic E-state index is 14.2. The lowest BCUT2D eigenvalue weighted by atomic mass is 9.62. The molecule has 1 spiro atoms. The van der Waals surface area contributed by atoms with Gasteiger partial charge in [0.25, 0.3) is 0 Å².